The van der Waals surface area contributed by atoms with Crippen LogP contribution in [0.1, 0.15) is 38.8 Å². The van der Waals surface area contributed by atoms with Gasteiger partial charge in [0, 0.05) is 29.4 Å². The van der Waals surface area contributed by atoms with Gasteiger partial charge in [0.25, 0.3) is 0 Å². The number of carbonyl (C=O) groups is 3. The number of hydrogen-bond donors (Lipinski definition) is 0. The molecule has 2 rings (SSSR count). The highest BCUT2D eigenvalue weighted by atomic mass is 35.5. The minimum atomic E-state index is -0.740. The molecule has 0 N–H and O–H groups in total. The van der Waals surface area contributed by atoms with Gasteiger partial charge in [0.15, 0.2) is 0 Å². The van der Waals surface area contributed by atoms with Gasteiger partial charge in [0.2, 0.25) is 0 Å². The minimum Gasteiger partial charge on any atom is -0.468 e. The van der Waals surface area contributed by atoms with Gasteiger partial charge in [-0.15, -0.1) is 11.8 Å². The molecular formula is C23H30ClNO7S. The molecule has 1 aliphatic rings. The molecule has 1 aromatic rings. The molecule has 0 saturated carbocycles. The number of nitrogens with zero attached hydrogens (tertiary/aromatic N) is 1. The van der Waals surface area contributed by atoms with Gasteiger partial charge in [-0.2, -0.15) is 0 Å². The smallest absolute Gasteiger partial charge is 0.468 e. The number of piperidine rings is 1. The number of esters is 2. The highest BCUT2D eigenvalue weighted by Gasteiger charge is 2.35. The van der Waals surface area contributed by atoms with E-state index in [9.17, 15) is 14.4 Å². The SMILES string of the molecule is CCOC(=O)/C=C1/CN([C@H](C(=O)OC)c2ccccc2Cl)CCC1SCOC(=O)OC(C)C. The summed E-state index contributed by atoms with van der Waals surface area (Å²) in [7, 11) is 1.33. The molecule has 1 fully saturated rings. The van der Waals surface area contributed by atoms with Crippen molar-refractivity contribution in [2.45, 2.75) is 44.6 Å². The number of halogens is 1. The monoisotopic (exact) mass is 499 g/mol. The third kappa shape index (κ3) is 8.24. The summed E-state index contributed by atoms with van der Waals surface area (Å²) in [6, 6.07) is 6.38. The van der Waals surface area contributed by atoms with Crippen LogP contribution >= 0.6 is 23.4 Å². The molecule has 0 bridgehead atoms. The molecule has 1 saturated heterocycles. The van der Waals surface area contributed by atoms with Crippen molar-refractivity contribution < 1.29 is 33.3 Å². The topological polar surface area (TPSA) is 91.4 Å². The van der Waals surface area contributed by atoms with Gasteiger partial charge in [0.05, 0.1) is 19.8 Å². The van der Waals surface area contributed by atoms with Gasteiger partial charge >= 0.3 is 18.1 Å². The summed E-state index contributed by atoms with van der Waals surface area (Å²) in [5, 5.41) is 0.347. The fourth-order valence-electron chi connectivity index (χ4n) is 3.44. The van der Waals surface area contributed by atoms with Crippen molar-refractivity contribution in [1.29, 1.82) is 0 Å². The quantitative estimate of drug-likeness (QED) is 0.212. The second-order valence-corrected chi connectivity index (χ2v) is 9.06. The molecule has 33 heavy (non-hydrogen) atoms. The molecule has 8 nitrogen and oxygen atoms in total. The maximum absolute atomic E-state index is 12.7. The van der Waals surface area contributed by atoms with E-state index in [1.165, 1.54) is 24.9 Å². The molecule has 182 valence electrons. The highest BCUT2D eigenvalue weighted by Crippen LogP contribution is 2.35. The molecule has 0 radical (unpaired) electrons. The average Bonchev–Trinajstić information content (AvgIpc) is 2.76. The summed E-state index contributed by atoms with van der Waals surface area (Å²) in [5.41, 5.74) is 1.39. The van der Waals surface area contributed by atoms with E-state index < -0.39 is 24.1 Å². The summed E-state index contributed by atoms with van der Waals surface area (Å²) in [6.45, 7) is 6.31. The molecule has 0 aliphatic carbocycles. The van der Waals surface area contributed by atoms with Crippen molar-refractivity contribution in [2.24, 2.45) is 0 Å². The summed E-state index contributed by atoms with van der Waals surface area (Å²) in [5.74, 6) is -0.835. The average molecular weight is 500 g/mol. The van der Waals surface area contributed by atoms with E-state index in [0.717, 1.165) is 5.57 Å². The van der Waals surface area contributed by atoms with E-state index in [-0.39, 0.29) is 23.9 Å². The Morgan fingerprint density at radius 2 is 1.97 bits per heavy atom. The Kier molecular flexibility index (Phi) is 11.0. The van der Waals surface area contributed by atoms with E-state index >= 15 is 0 Å². The van der Waals surface area contributed by atoms with Gasteiger partial charge in [0.1, 0.15) is 12.0 Å². The van der Waals surface area contributed by atoms with Crippen LogP contribution in [-0.2, 0) is 28.5 Å². The Bertz CT molecular complexity index is 861. The van der Waals surface area contributed by atoms with Crippen LogP contribution in [0.4, 0.5) is 4.79 Å². The second-order valence-electron chi connectivity index (χ2n) is 7.51. The van der Waals surface area contributed by atoms with Crippen LogP contribution in [0.2, 0.25) is 5.02 Å². The molecule has 1 aromatic carbocycles. The number of ether oxygens (including phenoxy) is 4. The van der Waals surface area contributed by atoms with Crippen LogP contribution in [0, 0.1) is 0 Å². The van der Waals surface area contributed by atoms with Crippen molar-refractivity contribution in [3.63, 3.8) is 0 Å². The lowest BCUT2D eigenvalue weighted by Gasteiger charge is -2.38. The lowest BCUT2D eigenvalue weighted by atomic mass is 9.98. The van der Waals surface area contributed by atoms with Gasteiger partial charge in [-0.05, 0) is 44.4 Å². The van der Waals surface area contributed by atoms with Crippen LogP contribution in [0.5, 0.6) is 0 Å². The van der Waals surface area contributed by atoms with E-state index in [4.69, 9.17) is 30.5 Å². The summed E-state index contributed by atoms with van der Waals surface area (Å²) >= 11 is 7.76. The first kappa shape index (κ1) is 27.0. The summed E-state index contributed by atoms with van der Waals surface area (Å²) in [6.07, 6.45) is 1.04. The van der Waals surface area contributed by atoms with E-state index in [1.54, 1.807) is 39.0 Å². The molecule has 0 aromatic heterocycles. The summed E-state index contributed by atoms with van der Waals surface area (Å²) < 4.78 is 20.2. The molecule has 0 amide bonds. The molecule has 1 aliphatic heterocycles. The van der Waals surface area contributed by atoms with E-state index in [1.807, 2.05) is 11.0 Å². The Labute approximate surface area is 203 Å². The largest absolute Gasteiger partial charge is 0.509 e. The maximum Gasteiger partial charge on any atom is 0.509 e. The third-order valence-corrected chi connectivity index (χ3v) is 6.37. The molecule has 2 atom stereocenters. The molecule has 10 heteroatoms. The Balaban J connectivity index is 2.20. The zero-order valence-corrected chi connectivity index (χ0v) is 20.8. The Morgan fingerprint density at radius 1 is 1.24 bits per heavy atom. The van der Waals surface area contributed by atoms with Crippen molar-refractivity contribution in [3.05, 3.63) is 46.5 Å². The Morgan fingerprint density at radius 3 is 2.61 bits per heavy atom. The van der Waals surface area contributed by atoms with E-state index in [2.05, 4.69) is 0 Å². The minimum absolute atomic E-state index is 0.0708. The fraction of sp³-hybridized carbons (Fsp3) is 0.522. The number of thioether (sulfide) groups is 1. The highest BCUT2D eigenvalue weighted by molar-refractivity contribution is 7.99. The first-order valence-electron chi connectivity index (χ1n) is 10.6. The molecular weight excluding hydrogens is 470 g/mol. The van der Waals surface area contributed by atoms with Crippen molar-refractivity contribution in [2.75, 3.05) is 32.7 Å². The van der Waals surface area contributed by atoms with Crippen molar-refractivity contribution >= 4 is 41.5 Å². The summed E-state index contributed by atoms with van der Waals surface area (Å²) in [4.78, 5) is 38.5. The van der Waals surface area contributed by atoms with Crippen LogP contribution in [0.25, 0.3) is 0 Å². The van der Waals surface area contributed by atoms with Crippen molar-refractivity contribution in [3.8, 4) is 0 Å². The van der Waals surface area contributed by atoms with Crippen molar-refractivity contribution in [1.82, 2.24) is 4.90 Å². The number of rotatable bonds is 9. The zero-order valence-electron chi connectivity index (χ0n) is 19.2. The molecule has 1 heterocycles. The number of likely N-dealkylation sites (tertiary alicyclic amines) is 1. The first-order chi connectivity index (χ1) is 15.8. The maximum atomic E-state index is 12.7. The number of benzene rings is 1. The lowest BCUT2D eigenvalue weighted by Crippen LogP contribution is -2.43. The van der Waals surface area contributed by atoms with Crippen LogP contribution < -0.4 is 0 Å². The second kappa shape index (κ2) is 13.5. The van der Waals surface area contributed by atoms with Crippen LogP contribution in [-0.4, -0.2) is 67.1 Å². The standard InChI is InChI=1S/C23H30ClNO7S/c1-5-30-20(26)12-16-13-25(11-10-19(16)33-14-31-23(28)32-15(2)3)21(22(27)29-4)17-8-6-7-9-18(17)24/h6-9,12,15,19,21H,5,10-11,13-14H2,1-4H3/b16-12-/t19?,21-/m0/s1. The normalized spacial score (nSPS) is 18.6. The predicted molar refractivity (Wildman–Crippen MR) is 126 cm³/mol. The molecule has 0 spiro atoms. The van der Waals surface area contributed by atoms with E-state index in [0.29, 0.717) is 30.1 Å². The van der Waals surface area contributed by atoms with Gasteiger partial charge < -0.3 is 18.9 Å². The zero-order chi connectivity index (χ0) is 24.4. The van der Waals surface area contributed by atoms with Crippen LogP contribution in [0.3, 0.4) is 0 Å². The fourth-order valence-corrected chi connectivity index (χ4v) is 4.64. The number of methoxy groups -OCH3 is 1. The lowest BCUT2D eigenvalue weighted by molar-refractivity contribution is -0.147. The molecule has 1 unspecified atom stereocenters. The Hall–Kier alpha value is -2.23. The van der Waals surface area contributed by atoms with Gasteiger partial charge in [-0.1, -0.05) is 29.8 Å². The third-order valence-electron chi connectivity index (χ3n) is 4.83. The number of carbonyl (C=O) groups excluding carboxylic acids is 3. The first-order valence-corrected chi connectivity index (χ1v) is 12.1. The van der Waals surface area contributed by atoms with Crippen LogP contribution in [0.15, 0.2) is 35.9 Å². The van der Waals surface area contributed by atoms with Gasteiger partial charge in [-0.25, -0.2) is 14.4 Å². The number of hydrogen-bond acceptors (Lipinski definition) is 9. The predicted octanol–water partition coefficient (Wildman–Crippen LogP) is 4.37. The van der Waals surface area contributed by atoms with Gasteiger partial charge in [-0.3, -0.25) is 4.90 Å².